The Morgan fingerprint density at radius 2 is 1.59 bits per heavy atom. The molecule has 0 saturated heterocycles. The van der Waals surface area contributed by atoms with Gasteiger partial charge in [-0.15, -0.1) is 0 Å². The third-order valence-corrected chi connectivity index (χ3v) is 6.09. The van der Waals surface area contributed by atoms with Gasteiger partial charge in [0.15, 0.2) is 11.5 Å². The van der Waals surface area contributed by atoms with Crippen molar-refractivity contribution in [2.24, 2.45) is 0 Å². The Labute approximate surface area is 183 Å². The molecule has 5 rings (SSSR count). The fourth-order valence-electron chi connectivity index (χ4n) is 4.73. The molecule has 0 spiro atoms. The average Bonchev–Trinajstić information content (AvgIpc) is 2.82. The van der Waals surface area contributed by atoms with Crippen LogP contribution in [0.15, 0.2) is 75.9 Å². The van der Waals surface area contributed by atoms with E-state index in [1.54, 1.807) is 49.6 Å². The van der Waals surface area contributed by atoms with Crippen molar-refractivity contribution in [3.8, 4) is 22.8 Å². The van der Waals surface area contributed by atoms with Crippen molar-refractivity contribution in [3.05, 3.63) is 93.8 Å². The molecule has 6 heteroatoms. The standard InChI is InChI=1S/C26H20O6/c1-30-19-12-11-14(13-20(19)31-2)21-22-16-8-4-6-10-18(16)26(29)32-24(22)17-9-5-3-7-15(17)23(21)25(27)28/h3-13,21,23H,1-2H3,(H,27,28)/t21-,23-/m1/s1. The first-order valence-corrected chi connectivity index (χ1v) is 10.1. The number of benzene rings is 3. The van der Waals surface area contributed by atoms with Crippen LogP contribution < -0.4 is 15.1 Å². The average molecular weight is 428 g/mol. The van der Waals surface area contributed by atoms with E-state index in [0.29, 0.717) is 44.7 Å². The summed E-state index contributed by atoms with van der Waals surface area (Å²) in [5.74, 6) is -1.00. The van der Waals surface area contributed by atoms with Crippen LogP contribution in [-0.4, -0.2) is 25.3 Å². The van der Waals surface area contributed by atoms with Gasteiger partial charge in [0.05, 0.1) is 25.5 Å². The Morgan fingerprint density at radius 1 is 0.906 bits per heavy atom. The maximum absolute atomic E-state index is 12.8. The first-order chi connectivity index (χ1) is 15.5. The van der Waals surface area contributed by atoms with Crippen molar-refractivity contribution < 1.29 is 23.8 Å². The van der Waals surface area contributed by atoms with Gasteiger partial charge in [-0.25, -0.2) is 4.79 Å². The molecule has 32 heavy (non-hydrogen) atoms. The second kappa shape index (κ2) is 7.57. The first kappa shape index (κ1) is 19.9. The van der Waals surface area contributed by atoms with Crippen LogP contribution in [-0.2, 0) is 4.79 Å². The zero-order valence-corrected chi connectivity index (χ0v) is 17.5. The second-order valence-corrected chi connectivity index (χ2v) is 7.67. The van der Waals surface area contributed by atoms with Crippen LogP contribution in [0.1, 0.15) is 28.5 Å². The van der Waals surface area contributed by atoms with Crippen molar-refractivity contribution in [2.75, 3.05) is 14.2 Å². The third kappa shape index (κ3) is 2.87. The fraction of sp³-hybridized carbons (Fsp3) is 0.154. The number of fused-ring (bicyclic) bond motifs is 5. The number of hydrogen-bond donors (Lipinski definition) is 1. The molecule has 1 N–H and O–H groups in total. The van der Waals surface area contributed by atoms with Crippen molar-refractivity contribution in [1.29, 1.82) is 0 Å². The highest BCUT2D eigenvalue weighted by Crippen LogP contribution is 2.52. The maximum Gasteiger partial charge on any atom is 0.344 e. The molecule has 0 radical (unpaired) electrons. The Morgan fingerprint density at radius 3 is 2.31 bits per heavy atom. The zero-order valence-electron chi connectivity index (χ0n) is 17.5. The molecule has 0 saturated carbocycles. The van der Waals surface area contributed by atoms with Crippen molar-refractivity contribution in [2.45, 2.75) is 11.8 Å². The number of hydrogen-bond acceptors (Lipinski definition) is 5. The smallest absolute Gasteiger partial charge is 0.344 e. The summed E-state index contributed by atoms with van der Waals surface area (Å²) in [6.45, 7) is 0. The molecule has 0 amide bonds. The summed E-state index contributed by atoms with van der Waals surface area (Å²) in [5, 5.41) is 11.4. The topological polar surface area (TPSA) is 86.0 Å². The minimum atomic E-state index is -0.960. The lowest BCUT2D eigenvalue weighted by Crippen LogP contribution is -2.27. The highest BCUT2D eigenvalue weighted by Gasteiger charge is 2.42. The molecule has 0 fully saturated rings. The van der Waals surface area contributed by atoms with Crippen molar-refractivity contribution in [1.82, 2.24) is 0 Å². The predicted octanol–water partition coefficient (Wildman–Crippen LogP) is 4.79. The van der Waals surface area contributed by atoms with Gasteiger partial charge in [-0.05, 0) is 34.7 Å². The van der Waals surface area contributed by atoms with Crippen molar-refractivity contribution in [3.63, 3.8) is 0 Å². The van der Waals surface area contributed by atoms with Gasteiger partial charge >= 0.3 is 11.6 Å². The van der Waals surface area contributed by atoms with Gasteiger partial charge in [-0.1, -0.05) is 48.5 Å². The van der Waals surface area contributed by atoms with Gasteiger partial charge in [0, 0.05) is 17.0 Å². The normalized spacial score (nSPS) is 16.8. The summed E-state index contributed by atoms with van der Waals surface area (Å²) >= 11 is 0. The van der Waals surface area contributed by atoms with E-state index in [2.05, 4.69) is 0 Å². The van der Waals surface area contributed by atoms with Gasteiger partial charge in [0.25, 0.3) is 0 Å². The highest BCUT2D eigenvalue weighted by molar-refractivity contribution is 5.95. The molecule has 1 aromatic heterocycles. The fourth-order valence-corrected chi connectivity index (χ4v) is 4.73. The van der Waals surface area contributed by atoms with Gasteiger partial charge in [0.2, 0.25) is 0 Å². The molecule has 160 valence electrons. The van der Waals surface area contributed by atoms with Gasteiger partial charge in [-0.2, -0.15) is 0 Å². The van der Waals surface area contributed by atoms with Gasteiger partial charge in [-0.3, -0.25) is 4.79 Å². The lowest BCUT2D eigenvalue weighted by Gasteiger charge is -2.33. The molecular weight excluding hydrogens is 408 g/mol. The first-order valence-electron chi connectivity index (χ1n) is 10.1. The van der Waals surface area contributed by atoms with E-state index in [1.165, 1.54) is 7.11 Å². The summed E-state index contributed by atoms with van der Waals surface area (Å²) in [6, 6.07) is 19.7. The van der Waals surface area contributed by atoms with Crippen molar-refractivity contribution >= 4 is 16.7 Å². The van der Waals surface area contributed by atoms with Crippen LogP contribution in [0.5, 0.6) is 11.5 Å². The lowest BCUT2D eigenvalue weighted by molar-refractivity contribution is -0.139. The molecule has 0 unspecified atom stereocenters. The Balaban J connectivity index is 1.91. The molecule has 0 aliphatic heterocycles. The van der Waals surface area contributed by atoms with E-state index in [1.807, 2.05) is 24.3 Å². The number of ether oxygens (including phenoxy) is 2. The number of carbonyl (C=O) groups is 1. The Kier molecular flexibility index (Phi) is 4.70. The van der Waals surface area contributed by atoms with E-state index in [9.17, 15) is 14.7 Å². The Bertz CT molecular complexity index is 1420. The van der Waals surface area contributed by atoms with Crippen LogP contribution in [0.2, 0.25) is 0 Å². The third-order valence-electron chi connectivity index (χ3n) is 6.09. The number of methoxy groups -OCH3 is 2. The monoisotopic (exact) mass is 428 g/mol. The Hall–Kier alpha value is -4.06. The van der Waals surface area contributed by atoms with Crippen LogP contribution in [0.4, 0.5) is 0 Å². The number of aliphatic carboxylic acids is 1. The molecule has 1 heterocycles. The summed E-state index contributed by atoms with van der Waals surface area (Å²) in [5.41, 5.74) is 2.18. The van der Waals surface area contributed by atoms with Crippen LogP contribution in [0, 0.1) is 0 Å². The van der Waals surface area contributed by atoms with E-state index in [-0.39, 0.29) is 0 Å². The van der Waals surface area contributed by atoms with E-state index < -0.39 is 23.4 Å². The second-order valence-electron chi connectivity index (χ2n) is 7.67. The quantitative estimate of drug-likeness (QED) is 0.503. The maximum atomic E-state index is 12.8. The van der Waals surface area contributed by atoms with Gasteiger partial charge < -0.3 is 19.0 Å². The largest absolute Gasteiger partial charge is 0.493 e. The van der Waals surface area contributed by atoms with Crippen LogP contribution in [0.3, 0.4) is 0 Å². The van der Waals surface area contributed by atoms with Crippen LogP contribution >= 0.6 is 0 Å². The minimum absolute atomic E-state index is 0.404. The van der Waals surface area contributed by atoms with E-state index in [4.69, 9.17) is 13.9 Å². The summed E-state index contributed by atoms with van der Waals surface area (Å²) in [7, 11) is 3.08. The number of carboxylic acids is 1. The minimum Gasteiger partial charge on any atom is -0.493 e. The van der Waals surface area contributed by atoms with E-state index in [0.717, 1.165) is 5.56 Å². The molecule has 1 aliphatic rings. The van der Waals surface area contributed by atoms with Gasteiger partial charge in [0.1, 0.15) is 5.76 Å². The SMILES string of the molecule is COc1ccc([C@@H]2c3c(oc(=O)c4ccccc34)-c3ccccc3[C@H]2C(=O)O)cc1OC. The highest BCUT2D eigenvalue weighted by atomic mass is 16.5. The molecule has 1 aliphatic carbocycles. The van der Waals surface area contributed by atoms with Crippen LogP contribution in [0.25, 0.3) is 22.1 Å². The molecule has 3 aromatic carbocycles. The summed E-state index contributed by atoms with van der Waals surface area (Å²) in [6.07, 6.45) is 0. The van der Waals surface area contributed by atoms with E-state index >= 15 is 0 Å². The summed E-state index contributed by atoms with van der Waals surface area (Å²) in [4.78, 5) is 25.4. The molecule has 0 bridgehead atoms. The predicted molar refractivity (Wildman–Crippen MR) is 120 cm³/mol. The molecule has 4 aromatic rings. The molecule has 2 atom stereocenters. The molecule has 6 nitrogen and oxygen atoms in total. The summed E-state index contributed by atoms with van der Waals surface area (Å²) < 4.78 is 16.7. The molecular formula is C26H20O6. The number of carboxylic acid groups (broad SMARTS) is 1. The lowest BCUT2D eigenvalue weighted by atomic mass is 9.69. The number of rotatable bonds is 4. The zero-order chi connectivity index (χ0) is 22.4.